The van der Waals surface area contributed by atoms with Crippen molar-refractivity contribution in [2.75, 3.05) is 12.8 Å². The highest BCUT2D eigenvalue weighted by Crippen LogP contribution is 2.33. The first-order valence-corrected chi connectivity index (χ1v) is 4.84. The molecule has 0 atom stereocenters. The summed E-state index contributed by atoms with van der Waals surface area (Å²) in [7, 11) is 1.45. The Morgan fingerprint density at radius 3 is 2.75 bits per heavy atom. The van der Waals surface area contributed by atoms with E-state index >= 15 is 0 Å². The number of H-pyrrole nitrogens is 1. The summed E-state index contributed by atoms with van der Waals surface area (Å²) in [5, 5.41) is 6.51. The molecule has 4 nitrogen and oxygen atoms in total. The monoisotopic (exact) mass is 241 g/mol. The molecule has 1 heterocycles. The third-order valence-corrected chi connectivity index (χ3v) is 2.42. The summed E-state index contributed by atoms with van der Waals surface area (Å²) in [5.74, 6) is 0.179. The summed E-state index contributed by atoms with van der Waals surface area (Å²) < 4.78 is 18.3. The molecular weight excluding hydrogens is 233 g/mol. The molecule has 6 heteroatoms. The summed E-state index contributed by atoms with van der Waals surface area (Å²) in [6, 6.07) is 4.30. The number of benzene rings is 1. The van der Waals surface area contributed by atoms with Gasteiger partial charge in [-0.15, -0.1) is 0 Å². The van der Waals surface area contributed by atoms with Gasteiger partial charge in [-0.2, -0.15) is 5.10 Å². The Morgan fingerprint density at radius 1 is 1.44 bits per heavy atom. The van der Waals surface area contributed by atoms with Crippen molar-refractivity contribution in [2.24, 2.45) is 0 Å². The zero-order valence-electron chi connectivity index (χ0n) is 8.42. The van der Waals surface area contributed by atoms with E-state index in [4.69, 9.17) is 22.1 Å². The van der Waals surface area contributed by atoms with Crippen LogP contribution in [-0.2, 0) is 0 Å². The Kier molecular flexibility index (Phi) is 2.70. The molecule has 1 aromatic heterocycles. The summed E-state index contributed by atoms with van der Waals surface area (Å²) >= 11 is 5.70. The third kappa shape index (κ3) is 1.81. The van der Waals surface area contributed by atoms with Gasteiger partial charge in [-0.05, 0) is 6.07 Å². The molecule has 2 rings (SSSR count). The molecular formula is C10H9ClFN3O. The highest BCUT2D eigenvalue weighted by molar-refractivity contribution is 6.31. The van der Waals surface area contributed by atoms with Gasteiger partial charge in [0.25, 0.3) is 0 Å². The fourth-order valence-corrected chi connectivity index (χ4v) is 1.55. The van der Waals surface area contributed by atoms with E-state index in [0.717, 1.165) is 0 Å². The zero-order chi connectivity index (χ0) is 11.7. The highest BCUT2D eigenvalue weighted by atomic mass is 35.5. The van der Waals surface area contributed by atoms with Crippen LogP contribution >= 0.6 is 11.6 Å². The minimum absolute atomic E-state index is 0.0176. The van der Waals surface area contributed by atoms with Crippen molar-refractivity contribution < 1.29 is 9.13 Å². The fraction of sp³-hybridized carbons (Fsp3) is 0.100. The van der Waals surface area contributed by atoms with Crippen molar-refractivity contribution >= 4 is 17.4 Å². The minimum Gasteiger partial charge on any atom is -0.496 e. The van der Waals surface area contributed by atoms with E-state index in [1.807, 2.05) is 0 Å². The zero-order valence-corrected chi connectivity index (χ0v) is 9.18. The lowest BCUT2D eigenvalue weighted by atomic mass is 10.1. The number of nitrogen functional groups attached to an aromatic ring is 1. The number of hydrogen-bond acceptors (Lipinski definition) is 3. The van der Waals surface area contributed by atoms with Gasteiger partial charge in [0.05, 0.1) is 17.8 Å². The van der Waals surface area contributed by atoms with Crippen LogP contribution < -0.4 is 10.5 Å². The van der Waals surface area contributed by atoms with Crippen molar-refractivity contribution in [3.8, 4) is 17.0 Å². The van der Waals surface area contributed by atoms with E-state index in [0.29, 0.717) is 22.8 Å². The first kappa shape index (κ1) is 10.8. The summed E-state index contributed by atoms with van der Waals surface area (Å²) in [4.78, 5) is 0. The number of nitrogens with zero attached hydrogens (tertiary/aromatic N) is 1. The van der Waals surface area contributed by atoms with E-state index in [2.05, 4.69) is 10.2 Å². The average molecular weight is 242 g/mol. The Morgan fingerprint density at radius 2 is 2.19 bits per heavy atom. The Labute approximate surface area is 96.2 Å². The van der Waals surface area contributed by atoms with Crippen LogP contribution in [0, 0.1) is 5.82 Å². The van der Waals surface area contributed by atoms with Gasteiger partial charge >= 0.3 is 0 Å². The first-order chi connectivity index (χ1) is 7.61. The number of ether oxygens (including phenoxy) is 1. The lowest BCUT2D eigenvalue weighted by Crippen LogP contribution is -1.90. The molecule has 0 spiro atoms. The number of nitrogens with two attached hydrogens (primary N) is 1. The molecule has 84 valence electrons. The van der Waals surface area contributed by atoms with Gasteiger partial charge in [-0.3, -0.25) is 5.10 Å². The standard InChI is InChI=1S/C10H9ClFN3O/c1-16-9-3-7(12)6(11)2-5(9)8-4-10(13)15-14-8/h2-4H,1H3,(H3,13,14,15). The summed E-state index contributed by atoms with van der Waals surface area (Å²) in [6.45, 7) is 0. The van der Waals surface area contributed by atoms with Gasteiger partial charge < -0.3 is 10.5 Å². The maximum atomic E-state index is 13.2. The number of anilines is 1. The summed E-state index contributed by atoms with van der Waals surface area (Å²) in [5.41, 5.74) is 6.72. The Bertz CT molecular complexity index is 527. The normalized spacial score (nSPS) is 10.4. The molecule has 0 aliphatic carbocycles. The molecule has 2 aromatic rings. The van der Waals surface area contributed by atoms with Crippen LogP contribution in [0.15, 0.2) is 18.2 Å². The number of rotatable bonds is 2. The van der Waals surface area contributed by atoms with Crippen molar-refractivity contribution in [3.05, 3.63) is 29.0 Å². The quantitative estimate of drug-likeness (QED) is 0.849. The van der Waals surface area contributed by atoms with Gasteiger partial charge in [0, 0.05) is 17.7 Å². The Hall–Kier alpha value is -1.75. The number of nitrogens with one attached hydrogen (secondary N) is 1. The topological polar surface area (TPSA) is 63.9 Å². The maximum absolute atomic E-state index is 13.2. The van der Waals surface area contributed by atoms with Crippen LogP contribution in [0.5, 0.6) is 5.75 Å². The predicted molar refractivity (Wildman–Crippen MR) is 60.0 cm³/mol. The maximum Gasteiger partial charge on any atom is 0.145 e. The molecule has 0 bridgehead atoms. The van der Waals surface area contributed by atoms with Gasteiger partial charge in [-0.25, -0.2) is 4.39 Å². The van der Waals surface area contributed by atoms with Gasteiger partial charge in [-0.1, -0.05) is 11.6 Å². The number of hydrogen-bond donors (Lipinski definition) is 2. The highest BCUT2D eigenvalue weighted by Gasteiger charge is 2.12. The van der Waals surface area contributed by atoms with Gasteiger partial charge in [0.1, 0.15) is 17.4 Å². The van der Waals surface area contributed by atoms with Gasteiger partial charge in [0.15, 0.2) is 0 Å². The largest absolute Gasteiger partial charge is 0.496 e. The Balaban J connectivity index is 2.59. The molecule has 0 fully saturated rings. The fourth-order valence-electron chi connectivity index (χ4n) is 1.38. The molecule has 0 radical (unpaired) electrons. The molecule has 0 unspecified atom stereocenters. The summed E-state index contributed by atoms with van der Waals surface area (Å²) in [6.07, 6.45) is 0. The van der Waals surface area contributed by atoms with Gasteiger partial charge in [0.2, 0.25) is 0 Å². The van der Waals surface area contributed by atoms with Crippen molar-refractivity contribution in [3.63, 3.8) is 0 Å². The molecule has 1 aromatic carbocycles. The van der Waals surface area contributed by atoms with E-state index in [1.165, 1.54) is 19.2 Å². The van der Waals surface area contributed by atoms with E-state index < -0.39 is 5.82 Å². The first-order valence-electron chi connectivity index (χ1n) is 4.46. The number of halogens is 2. The van der Waals surface area contributed by atoms with Crippen LogP contribution in [0.1, 0.15) is 0 Å². The third-order valence-electron chi connectivity index (χ3n) is 2.13. The lowest BCUT2D eigenvalue weighted by molar-refractivity contribution is 0.413. The van der Waals surface area contributed by atoms with Crippen LogP contribution in [0.4, 0.5) is 10.2 Å². The molecule has 0 saturated heterocycles. The van der Waals surface area contributed by atoms with Crippen molar-refractivity contribution in [2.45, 2.75) is 0 Å². The molecule has 16 heavy (non-hydrogen) atoms. The molecule has 0 aliphatic rings. The molecule has 0 aliphatic heterocycles. The van der Waals surface area contributed by atoms with Crippen LogP contribution in [0.25, 0.3) is 11.3 Å². The SMILES string of the molecule is COc1cc(F)c(Cl)cc1-c1cc(N)n[nH]1. The second-order valence-corrected chi connectivity index (χ2v) is 3.58. The predicted octanol–water partition coefficient (Wildman–Crippen LogP) is 2.46. The number of aromatic amines is 1. The molecule has 3 N–H and O–H groups in total. The smallest absolute Gasteiger partial charge is 0.145 e. The minimum atomic E-state index is -0.533. The van der Waals surface area contributed by atoms with Crippen LogP contribution in [-0.4, -0.2) is 17.3 Å². The van der Waals surface area contributed by atoms with E-state index in [-0.39, 0.29) is 5.02 Å². The molecule has 0 amide bonds. The second-order valence-electron chi connectivity index (χ2n) is 3.17. The van der Waals surface area contributed by atoms with Crippen molar-refractivity contribution in [1.82, 2.24) is 10.2 Å². The van der Waals surface area contributed by atoms with Crippen LogP contribution in [0.3, 0.4) is 0 Å². The van der Waals surface area contributed by atoms with E-state index in [9.17, 15) is 4.39 Å². The van der Waals surface area contributed by atoms with E-state index in [1.54, 1.807) is 6.07 Å². The average Bonchev–Trinajstić information content (AvgIpc) is 2.68. The lowest BCUT2D eigenvalue weighted by Gasteiger charge is -2.07. The van der Waals surface area contributed by atoms with Crippen molar-refractivity contribution in [1.29, 1.82) is 0 Å². The van der Waals surface area contributed by atoms with Crippen LogP contribution in [0.2, 0.25) is 5.02 Å². The number of methoxy groups -OCH3 is 1. The number of aromatic nitrogens is 2. The molecule has 0 saturated carbocycles. The second kappa shape index (κ2) is 4.02.